The first-order chi connectivity index (χ1) is 21.9. The largest absolute Gasteiger partial charge is 0.462 e. The maximum Gasteiger partial charge on any atom is 0.343 e. The molecule has 0 aliphatic heterocycles. The molecule has 0 fully saturated rings. The van der Waals surface area contributed by atoms with E-state index in [2.05, 4.69) is 0 Å². The van der Waals surface area contributed by atoms with Crippen LogP contribution in [0.2, 0.25) is 0 Å². The molecule has 238 valence electrons. The summed E-state index contributed by atoms with van der Waals surface area (Å²) in [6.45, 7) is 4.88. The van der Waals surface area contributed by atoms with Gasteiger partial charge >= 0.3 is 23.9 Å². The van der Waals surface area contributed by atoms with Crippen LogP contribution in [0.15, 0.2) is 84.3 Å². The van der Waals surface area contributed by atoms with Crippen molar-refractivity contribution in [3.63, 3.8) is 0 Å². The molecule has 0 saturated carbocycles. The average Bonchev–Trinajstić information content (AvgIpc) is 3.02. The zero-order chi connectivity index (χ0) is 34.0. The van der Waals surface area contributed by atoms with Crippen molar-refractivity contribution < 1.29 is 48.0 Å². The number of carbonyl (C=O) groups is 4. The van der Waals surface area contributed by atoms with Crippen molar-refractivity contribution in [1.82, 2.24) is 0 Å². The Morgan fingerprint density at radius 3 is 1.26 bits per heavy atom. The third kappa shape index (κ3) is 8.05. The van der Waals surface area contributed by atoms with E-state index in [-0.39, 0.29) is 24.3 Å². The van der Waals surface area contributed by atoms with Crippen molar-refractivity contribution in [1.29, 1.82) is 0 Å². The summed E-state index contributed by atoms with van der Waals surface area (Å²) in [6, 6.07) is 16.6. The molecule has 0 unspecified atom stereocenters. The quantitative estimate of drug-likeness (QED) is 0.0582. The highest BCUT2D eigenvalue weighted by Gasteiger charge is 2.35. The summed E-state index contributed by atoms with van der Waals surface area (Å²) in [5.74, 6) is -5.05. The lowest BCUT2D eigenvalue weighted by atomic mass is 9.94. The van der Waals surface area contributed by atoms with Gasteiger partial charge in [-0.05, 0) is 58.0 Å². The molecule has 0 bridgehead atoms. The number of hydrogen-bond donors (Lipinski definition) is 0. The van der Waals surface area contributed by atoms with E-state index in [4.69, 9.17) is 18.9 Å². The van der Waals surface area contributed by atoms with Crippen LogP contribution in [-0.2, 0) is 28.5 Å². The van der Waals surface area contributed by atoms with E-state index in [1.807, 2.05) is 0 Å². The van der Waals surface area contributed by atoms with Gasteiger partial charge in [0.1, 0.15) is 22.7 Å². The number of ether oxygens (including phenoxy) is 4. The van der Waals surface area contributed by atoms with Crippen LogP contribution in [-0.4, -0.2) is 46.9 Å². The van der Waals surface area contributed by atoms with E-state index in [9.17, 15) is 39.4 Å². The number of allylic oxidation sites excluding steroid dienone is 2. The summed E-state index contributed by atoms with van der Waals surface area (Å²) < 4.78 is 21.0. The van der Waals surface area contributed by atoms with Gasteiger partial charge in [0.25, 0.3) is 11.4 Å². The van der Waals surface area contributed by atoms with E-state index >= 15 is 0 Å². The molecule has 0 aliphatic carbocycles. The predicted octanol–water partition coefficient (Wildman–Crippen LogP) is 5.81. The zero-order valence-electron chi connectivity index (χ0n) is 25.1. The van der Waals surface area contributed by atoms with Crippen molar-refractivity contribution in [2.24, 2.45) is 0 Å². The van der Waals surface area contributed by atoms with Crippen LogP contribution < -0.4 is 0 Å². The second-order valence-electron chi connectivity index (χ2n) is 9.22. The minimum atomic E-state index is -1.17. The second-order valence-corrected chi connectivity index (χ2v) is 9.22. The SMILES string of the molecule is CCOC(=O)C(=C(C)OC(=O)c1ccccc1)c1cc(C(C(=O)OCC)=C(C)OC(=O)c2ccccc2)c([N+](=O)[O-])cc1[N+](=O)[O-]. The summed E-state index contributed by atoms with van der Waals surface area (Å²) in [7, 11) is 0. The van der Waals surface area contributed by atoms with Gasteiger partial charge in [-0.15, -0.1) is 0 Å². The predicted molar refractivity (Wildman–Crippen MR) is 162 cm³/mol. The Labute approximate surface area is 262 Å². The Kier molecular flexibility index (Phi) is 11.6. The summed E-state index contributed by atoms with van der Waals surface area (Å²) >= 11 is 0. The number of nitrogens with zero attached hydrogens (tertiary/aromatic N) is 2. The molecule has 3 aromatic carbocycles. The van der Waals surface area contributed by atoms with Gasteiger partial charge in [-0.1, -0.05) is 36.4 Å². The monoisotopic (exact) mass is 632 g/mol. The fourth-order valence-corrected chi connectivity index (χ4v) is 4.22. The molecule has 0 aliphatic rings. The third-order valence-corrected chi connectivity index (χ3v) is 6.22. The number of nitro benzene ring substituents is 2. The zero-order valence-corrected chi connectivity index (χ0v) is 25.1. The normalized spacial score (nSPS) is 11.7. The van der Waals surface area contributed by atoms with Gasteiger partial charge in [-0.2, -0.15) is 0 Å². The van der Waals surface area contributed by atoms with E-state index in [1.54, 1.807) is 36.4 Å². The van der Waals surface area contributed by atoms with Gasteiger partial charge in [0.05, 0.1) is 51.4 Å². The lowest BCUT2D eigenvalue weighted by molar-refractivity contribution is -0.394. The number of benzene rings is 3. The molecule has 14 heteroatoms. The van der Waals surface area contributed by atoms with Gasteiger partial charge in [0, 0.05) is 0 Å². The number of nitro groups is 2. The van der Waals surface area contributed by atoms with Crippen LogP contribution in [0.3, 0.4) is 0 Å². The lowest BCUT2D eigenvalue weighted by Crippen LogP contribution is -2.16. The maximum atomic E-state index is 13.2. The number of hydrogen-bond acceptors (Lipinski definition) is 12. The van der Waals surface area contributed by atoms with Gasteiger partial charge in [0.15, 0.2) is 0 Å². The highest BCUT2D eigenvalue weighted by molar-refractivity contribution is 6.21. The van der Waals surface area contributed by atoms with E-state index in [0.717, 1.165) is 6.07 Å². The molecule has 14 nitrogen and oxygen atoms in total. The van der Waals surface area contributed by atoms with Gasteiger partial charge < -0.3 is 18.9 Å². The smallest absolute Gasteiger partial charge is 0.343 e. The molecule has 0 N–H and O–H groups in total. The van der Waals surface area contributed by atoms with Crippen molar-refractivity contribution in [2.45, 2.75) is 27.7 Å². The van der Waals surface area contributed by atoms with Crippen LogP contribution in [0, 0.1) is 20.2 Å². The number of carbonyl (C=O) groups excluding carboxylic acids is 4. The van der Waals surface area contributed by atoms with Crippen molar-refractivity contribution in [2.75, 3.05) is 13.2 Å². The molecule has 46 heavy (non-hydrogen) atoms. The van der Waals surface area contributed by atoms with Crippen LogP contribution in [0.5, 0.6) is 0 Å². The first kappa shape index (κ1) is 34.3. The Morgan fingerprint density at radius 2 is 0.957 bits per heavy atom. The van der Waals surface area contributed by atoms with Crippen LogP contribution in [0.4, 0.5) is 11.4 Å². The van der Waals surface area contributed by atoms with Crippen LogP contribution in [0.25, 0.3) is 11.1 Å². The van der Waals surface area contributed by atoms with Crippen LogP contribution in [0.1, 0.15) is 59.5 Å². The van der Waals surface area contributed by atoms with Crippen LogP contribution >= 0.6 is 0 Å². The fraction of sp³-hybridized carbons (Fsp3) is 0.188. The summed E-state index contributed by atoms with van der Waals surface area (Å²) in [6.07, 6.45) is 0. The third-order valence-electron chi connectivity index (χ3n) is 6.22. The minimum Gasteiger partial charge on any atom is -0.462 e. The molecular weight excluding hydrogens is 604 g/mol. The summed E-state index contributed by atoms with van der Waals surface area (Å²) in [5.41, 5.74) is -4.16. The number of esters is 4. The highest BCUT2D eigenvalue weighted by atomic mass is 16.6. The molecule has 0 amide bonds. The van der Waals surface area contributed by atoms with Gasteiger partial charge in [-0.3, -0.25) is 20.2 Å². The Hall–Kier alpha value is -6.18. The number of rotatable bonds is 12. The first-order valence-electron chi connectivity index (χ1n) is 13.7. The molecule has 3 aromatic rings. The molecule has 0 aromatic heterocycles. The van der Waals surface area contributed by atoms with Gasteiger partial charge in [-0.25, -0.2) is 19.2 Å². The Bertz CT molecular complexity index is 1620. The maximum absolute atomic E-state index is 13.2. The molecule has 0 radical (unpaired) electrons. The standard InChI is InChI=1S/C32H28N2O12/c1-5-43-31(37)27(19(3)45-29(35)21-13-9-7-10-14-21)23-17-24(26(34(41)42)18-25(23)33(39)40)28(32(38)44-6-2)20(4)46-30(36)22-15-11-8-12-16-22/h7-18H,5-6H2,1-4H3. The molecule has 0 saturated heterocycles. The van der Waals surface area contributed by atoms with Crippen molar-refractivity contribution >= 4 is 46.4 Å². The van der Waals surface area contributed by atoms with Crippen molar-refractivity contribution in [3.05, 3.63) is 127 Å². The van der Waals surface area contributed by atoms with Crippen molar-refractivity contribution in [3.8, 4) is 0 Å². The highest BCUT2D eigenvalue weighted by Crippen LogP contribution is 2.39. The Morgan fingerprint density at radius 1 is 0.609 bits per heavy atom. The molecule has 0 atom stereocenters. The van der Waals surface area contributed by atoms with E-state index < -0.39 is 78.9 Å². The molecule has 0 spiro atoms. The fourth-order valence-electron chi connectivity index (χ4n) is 4.22. The molecule has 0 heterocycles. The van der Waals surface area contributed by atoms with E-state index in [1.165, 1.54) is 52.0 Å². The van der Waals surface area contributed by atoms with E-state index in [0.29, 0.717) is 6.07 Å². The first-order valence-corrected chi connectivity index (χ1v) is 13.7. The average molecular weight is 633 g/mol. The topological polar surface area (TPSA) is 191 Å². The second kappa shape index (κ2) is 15.5. The van der Waals surface area contributed by atoms with Gasteiger partial charge in [0.2, 0.25) is 0 Å². The molecular formula is C32H28N2O12. The minimum absolute atomic E-state index is 0.0901. The Balaban J connectivity index is 2.37. The summed E-state index contributed by atoms with van der Waals surface area (Å²) in [4.78, 5) is 74.6. The molecule has 3 rings (SSSR count). The summed E-state index contributed by atoms with van der Waals surface area (Å²) in [5, 5.41) is 24.5. The lowest BCUT2D eigenvalue weighted by Gasteiger charge is -2.16.